The Kier molecular flexibility index (Phi) is 37.0. The van der Waals surface area contributed by atoms with Gasteiger partial charge in [-0.05, 0) is 25.7 Å². The number of unbranched alkanes of at least 4 members (excludes halogenated alkanes) is 30. The van der Waals surface area contributed by atoms with Crippen LogP contribution < -0.4 is 5.32 Å². The fourth-order valence-electron chi connectivity index (χ4n) is 6.65. The van der Waals surface area contributed by atoms with Crippen molar-refractivity contribution in [3.63, 3.8) is 0 Å². The number of hydrogen-bond acceptors (Lipinski definition) is 2. The lowest BCUT2D eigenvalue weighted by molar-refractivity contribution is 0.147. The first-order valence-electron chi connectivity index (χ1n) is 20.1. The van der Waals surface area contributed by atoms with Crippen molar-refractivity contribution in [1.29, 1.82) is 0 Å². The smallest absolute Gasteiger partial charge is 0.102 e. The highest BCUT2D eigenvalue weighted by Crippen LogP contribution is 2.20. The van der Waals surface area contributed by atoms with E-state index in [4.69, 9.17) is 0 Å². The van der Waals surface area contributed by atoms with Gasteiger partial charge >= 0.3 is 0 Å². The number of aliphatic hydroxyl groups is 1. The topological polar surface area (TPSA) is 32.3 Å². The molecule has 0 aromatic rings. The third-order valence-corrected chi connectivity index (χ3v) is 9.63. The van der Waals surface area contributed by atoms with Crippen LogP contribution in [0, 0.1) is 5.92 Å². The summed E-state index contributed by atoms with van der Waals surface area (Å²) >= 11 is 0. The van der Waals surface area contributed by atoms with Gasteiger partial charge in [-0.3, -0.25) is 5.32 Å². The summed E-state index contributed by atoms with van der Waals surface area (Å²) < 4.78 is 0. The predicted molar refractivity (Wildman–Crippen MR) is 191 cm³/mol. The van der Waals surface area contributed by atoms with Crippen LogP contribution in [-0.4, -0.2) is 17.9 Å². The van der Waals surface area contributed by atoms with Gasteiger partial charge in [-0.25, -0.2) is 0 Å². The fraction of sp³-hybridized carbons (Fsp3) is 1.00. The summed E-state index contributed by atoms with van der Waals surface area (Å²) in [6.07, 6.45) is 48.4. The SMILES string of the molecule is CCCCCCCCCCCCCCCCCCC(CCCCCCCCCCCCCCCCCC)CNC(C)O. The van der Waals surface area contributed by atoms with Gasteiger partial charge in [-0.1, -0.05) is 219 Å². The summed E-state index contributed by atoms with van der Waals surface area (Å²) in [5.41, 5.74) is 0. The molecule has 2 heteroatoms. The molecule has 1 unspecified atom stereocenters. The van der Waals surface area contributed by atoms with Gasteiger partial charge in [0.25, 0.3) is 0 Å². The molecule has 0 aliphatic rings. The van der Waals surface area contributed by atoms with Crippen molar-refractivity contribution in [2.24, 2.45) is 5.92 Å². The normalized spacial score (nSPS) is 12.5. The minimum absolute atomic E-state index is 0.371. The predicted octanol–water partition coefficient (Wildman–Crippen LogP) is 13.8. The standard InChI is InChI=1S/C40H83NO/c1-4-6-8-10-12-14-16-18-20-22-24-26-28-30-32-34-36-40(38-41-39(3)42)37-35-33-31-29-27-25-23-21-19-17-15-13-11-9-7-5-2/h39-42H,4-38H2,1-3H3. The van der Waals surface area contributed by atoms with Gasteiger partial charge in [0.1, 0.15) is 6.23 Å². The number of nitrogens with one attached hydrogen (secondary N) is 1. The molecule has 0 aliphatic heterocycles. The van der Waals surface area contributed by atoms with E-state index < -0.39 is 0 Å². The molecule has 254 valence electrons. The highest BCUT2D eigenvalue weighted by atomic mass is 16.3. The van der Waals surface area contributed by atoms with E-state index in [9.17, 15) is 5.11 Å². The van der Waals surface area contributed by atoms with Crippen molar-refractivity contribution in [2.75, 3.05) is 6.54 Å². The molecule has 0 radical (unpaired) electrons. The fourth-order valence-corrected chi connectivity index (χ4v) is 6.65. The maximum absolute atomic E-state index is 9.72. The van der Waals surface area contributed by atoms with Crippen LogP contribution in [0.25, 0.3) is 0 Å². The van der Waals surface area contributed by atoms with Crippen molar-refractivity contribution in [2.45, 2.75) is 245 Å². The largest absolute Gasteiger partial charge is 0.379 e. The van der Waals surface area contributed by atoms with Gasteiger partial charge in [0.15, 0.2) is 0 Å². The molecule has 1 atom stereocenters. The second-order valence-electron chi connectivity index (χ2n) is 14.1. The van der Waals surface area contributed by atoms with E-state index in [1.807, 2.05) is 6.92 Å². The van der Waals surface area contributed by atoms with E-state index in [1.165, 1.54) is 218 Å². The first kappa shape index (κ1) is 41.9. The molecule has 0 aromatic heterocycles. The van der Waals surface area contributed by atoms with Crippen molar-refractivity contribution in [3.8, 4) is 0 Å². The molecular weight excluding hydrogens is 510 g/mol. The molecule has 0 saturated heterocycles. The van der Waals surface area contributed by atoms with Crippen LogP contribution in [-0.2, 0) is 0 Å². The molecule has 42 heavy (non-hydrogen) atoms. The molecule has 0 saturated carbocycles. The van der Waals surface area contributed by atoms with E-state index >= 15 is 0 Å². The quantitative estimate of drug-likeness (QED) is 0.0554. The van der Waals surface area contributed by atoms with Gasteiger partial charge in [-0.2, -0.15) is 0 Å². The van der Waals surface area contributed by atoms with E-state index in [-0.39, 0.29) is 6.23 Å². The Bertz CT molecular complexity index is 429. The molecule has 0 heterocycles. The Morgan fingerprint density at radius 3 is 0.786 bits per heavy atom. The molecule has 0 rings (SSSR count). The molecule has 0 amide bonds. The highest BCUT2D eigenvalue weighted by Gasteiger charge is 2.09. The van der Waals surface area contributed by atoms with Gasteiger partial charge < -0.3 is 5.11 Å². The Hall–Kier alpha value is -0.0800. The Balaban J connectivity index is 3.54. The van der Waals surface area contributed by atoms with Gasteiger partial charge in [0.05, 0.1) is 0 Å². The maximum atomic E-state index is 9.72. The van der Waals surface area contributed by atoms with Gasteiger partial charge in [0, 0.05) is 6.54 Å². The average Bonchev–Trinajstić information content (AvgIpc) is 2.98. The second-order valence-corrected chi connectivity index (χ2v) is 14.1. The van der Waals surface area contributed by atoms with Gasteiger partial charge in [-0.15, -0.1) is 0 Å². The third kappa shape index (κ3) is 36.1. The summed E-state index contributed by atoms with van der Waals surface area (Å²) in [5.74, 6) is 0.748. The Morgan fingerprint density at radius 2 is 0.571 bits per heavy atom. The Morgan fingerprint density at radius 1 is 0.357 bits per heavy atom. The average molecular weight is 594 g/mol. The molecule has 0 aliphatic carbocycles. The van der Waals surface area contributed by atoms with Gasteiger partial charge in [0.2, 0.25) is 0 Å². The van der Waals surface area contributed by atoms with Crippen LogP contribution >= 0.6 is 0 Å². The number of rotatable bonds is 37. The lowest BCUT2D eigenvalue weighted by Crippen LogP contribution is -2.30. The van der Waals surface area contributed by atoms with E-state index in [0.717, 1.165) is 12.5 Å². The van der Waals surface area contributed by atoms with Crippen LogP contribution in [0.2, 0.25) is 0 Å². The lowest BCUT2D eigenvalue weighted by Gasteiger charge is -2.19. The lowest BCUT2D eigenvalue weighted by atomic mass is 9.93. The third-order valence-electron chi connectivity index (χ3n) is 9.63. The zero-order valence-corrected chi connectivity index (χ0v) is 29.9. The molecular formula is C40H83NO. The van der Waals surface area contributed by atoms with E-state index in [1.54, 1.807) is 0 Å². The van der Waals surface area contributed by atoms with Crippen molar-refractivity contribution < 1.29 is 5.11 Å². The zero-order valence-electron chi connectivity index (χ0n) is 29.9. The van der Waals surface area contributed by atoms with E-state index in [0.29, 0.717) is 0 Å². The van der Waals surface area contributed by atoms with Crippen LogP contribution in [0.5, 0.6) is 0 Å². The summed E-state index contributed by atoms with van der Waals surface area (Å²) in [6.45, 7) is 7.46. The number of hydrogen-bond donors (Lipinski definition) is 2. The molecule has 0 fully saturated rings. The maximum Gasteiger partial charge on any atom is 0.102 e. The van der Waals surface area contributed by atoms with Crippen LogP contribution in [0.4, 0.5) is 0 Å². The van der Waals surface area contributed by atoms with Crippen LogP contribution in [0.3, 0.4) is 0 Å². The minimum Gasteiger partial charge on any atom is -0.379 e. The van der Waals surface area contributed by atoms with Crippen molar-refractivity contribution >= 4 is 0 Å². The summed E-state index contributed by atoms with van der Waals surface area (Å²) in [5, 5.41) is 13.0. The van der Waals surface area contributed by atoms with Crippen LogP contribution in [0.15, 0.2) is 0 Å². The molecule has 0 spiro atoms. The number of aliphatic hydroxyl groups excluding tert-OH is 1. The summed E-state index contributed by atoms with van der Waals surface area (Å²) in [4.78, 5) is 0. The van der Waals surface area contributed by atoms with Crippen molar-refractivity contribution in [3.05, 3.63) is 0 Å². The monoisotopic (exact) mass is 594 g/mol. The van der Waals surface area contributed by atoms with Crippen molar-refractivity contribution in [1.82, 2.24) is 5.32 Å². The molecule has 0 aromatic carbocycles. The second kappa shape index (κ2) is 37.1. The summed E-state index contributed by atoms with van der Waals surface area (Å²) in [7, 11) is 0. The highest BCUT2D eigenvalue weighted by molar-refractivity contribution is 4.65. The van der Waals surface area contributed by atoms with E-state index in [2.05, 4.69) is 19.2 Å². The first-order valence-corrected chi connectivity index (χ1v) is 20.1. The Labute approximate surface area is 267 Å². The summed E-state index contributed by atoms with van der Waals surface area (Å²) in [6, 6.07) is 0. The molecule has 2 N–H and O–H groups in total. The zero-order chi connectivity index (χ0) is 30.6. The molecule has 2 nitrogen and oxygen atoms in total. The van der Waals surface area contributed by atoms with Crippen LogP contribution in [0.1, 0.15) is 239 Å². The first-order chi connectivity index (χ1) is 20.7. The molecule has 0 bridgehead atoms. The minimum atomic E-state index is -0.371.